The molecule has 26 heavy (non-hydrogen) atoms. The van der Waals surface area contributed by atoms with Crippen molar-refractivity contribution in [1.82, 2.24) is 0 Å². The number of ether oxygens (including phenoxy) is 1. The summed E-state index contributed by atoms with van der Waals surface area (Å²) >= 11 is 0. The van der Waals surface area contributed by atoms with E-state index < -0.39 is 39.0 Å². The Hall–Kier alpha value is -1.01. The first-order valence-corrected chi connectivity index (χ1v) is 9.45. The molecule has 1 unspecified atom stereocenters. The van der Waals surface area contributed by atoms with Crippen molar-refractivity contribution in [3.05, 3.63) is 0 Å². The summed E-state index contributed by atoms with van der Waals surface area (Å²) in [6, 6.07) is 0. The van der Waals surface area contributed by atoms with E-state index in [1.165, 1.54) is 0 Å². The van der Waals surface area contributed by atoms with Gasteiger partial charge in [-0.25, -0.2) is 5.26 Å². The zero-order chi connectivity index (χ0) is 19.5. The molecule has 4 rings (SSSR count). The Morgan fingerprint density at radius 3 is 1.77 bits per heavy atom. The lowest BCUT2D eigenvalue weighted by atomic mass is 9.49. The Balaban J connectivity index is 1.87. The smallest absolute Gasteiger partial charge is 0.432 e. The third-order valence-electron chi connectivity index (χ3n) is 5.73. The van der Waals surface area contributed by atoms with E-state index in [-0.39, 0.29) is 37.0 Å². The van der Waals surface area contributed by atoms with Gasteiger partial charge in [0.15, 0.2) is 0 Å². The van der Waals surface area contributed by atoms with E-state index in [0.717, 1.165) is 19.3 Å². The Bertz CT molecular complexity index is 653. The monoisotopic (exact) mass is 408 g/mol. The fraction of sp³-hybridized carbons (Fsp3) is 0.929. The Labute approximate surface area is 145 Å². The molecular weight excluding hydrogens is 391 g/mol. The first-order valence-electron chi connectivity index (χ1n) is 8.04. The zero-order valence-corrected chi connectivity index (χ0v) is 14.2. The predicted octanol–water partition coefficient (Wildman–Crippen LogP) is 3.09. The highest BCUT2D eigenvalue weighted by Crippen LogP contribution is 2.60. The maximum absolute atomic E-state index is 13.8. The predicted molar refractivity (Wildman–Crippen MR) is 74.1 cm³/mol. The van der Waals surface area contributed by atoms with Gasteiger partial charge in [0.05, 0.1) is 5.41 Å². The van der Waals surface area contributed by atoms with Crippen LogP contribution in [0.15, 0.2) is 0 Å². The van der Waals surface area contributed by atoms with Crippen LogP contribution in [0, 0.1) is 23.2 Å². The molecule has 0 radical (unpaired) electrons. The van der Waals surface area contributed by atoms with Gasteiger partial charge in [-0.1, -0.05) is 0 Å². The van der Waals surface area contributed by atoms with Gasteiger partial charge in [-0.15, -0.1) is 4.33 Å². The molecule has 4 saturated carbocycles. The van der Waals surface area contributed by atoms with Crippen LogP contribution in [0.5, 0.6) is 0 Å². The second-order valence-corrected chi connectivity index (χ2v) is 9.22. The summed E-state index contributed by atoms with van der Waals surface area (Å²) in [6.45, 7) is 0. The first kappa shape index (κ1) is 19.7. The molecule has 4 aliphatic rings. The molecule has 0 aromatic rings. The van der Waals surface area contributed by atoms with E-state index in [1.807, 2.05) is 0 Å². The molecule has 6 nitrogen and oxygen atoms in total. The van der Waals surface area contributed by atoms with Crippen molar-refractivity contribution in [3.8, 4) is 0 Å². The molecule has 1 N–H and O–H groups in total. The second-order valence-electron chi connectivity index (χ2n) is 7.62. The maximum Gasteiger partial charge on any atom is 0.432 e. The molecule has 0 saturated heterocycles. The van der Waals surface area contributed by atoms with Crippen molar-refractivity contribution in [1.29, 1.82) is 0 Å². The van der Waals surface area contributed by atoms with Crippen LogP contribution in [-0.4, -0.2) is 37.2 Å². The van der Waals surface area contributed by atoms with Gasteiger partial charge in [-0.2, -0.15) is 30.4 Å². The van der Waals surface area contributed by atoms with Gasteiger partial charge in [0.25, 0.3) is 6.10 Å². The van der Waals surface area contributed by atoms with Gasteiger partial charge < -0.3 is 4.74 Å². The van der Waals surface area contributed by atoms with Crippen LogP contribution in [0.3, 0.4) is 0 Å². The first-order chi connectivity index (χ1) is 11.8. The number of carbonyl (C=O) groups is 1. The molecular formula is C14H17F5O6S. The van der Waals surface area contributed by atoms with Crippen LogP contribution < -0.4 is 0 Å². The van der Waals surface area contributed by atoms with Crippen molar-refractivity contribution in [2.45, 2.75) is 56.1 Å². The van der Waals surface area contributed by atoms with Crippen LogP contribution in [0.4, 0.5) is 22.0 Å². The Morgan fingerprint density at radius 1 is 1.00 bits per heavy atom. The van der Waals surface area contributed by atoms with Gasteiger partial charge in [-0.3, -0.25) is 4.79 Å². The normalized spacial score (nSPS) is 35.4. The number of halogens is 5. The third-order valence-corrected chi connectivity index (χ3v) is 6.81. The van der Waals surface area contributed by atoms with Crippen LogP contribution in [0.1, 0.15) is 38.5 Å². The van der Waals surface area contributed by atoms with Gasteiger partial charge in [0.2, 0.25) is 0 Å². The van der Waals surface area contributed by atoms with Crippen LogP contribution >= 0.6 is 0 Å². The molecule has 12 heteroatoms. The molecule has 0 aliphatic heterocycles. The van der Waals surface area contributed by atoms with Crippen LogP contribution in [0.2, 0.25) is 0 Å². The number of esters is 1. The standard InChI is InChI=1S/C14H17F5O6S/c15-13(16,17)10(14(18,19)26(22,23)25-21)24-11(20)12-4-7-1-8(5-12)3-9(2-7)6-12/h7-10,21H,1-6H2. The topological polar surface area (TPSA) is 89.9 Å². The lowest BCUT2D eigenvalue weighted by molar-refractivity contribution is -0.269. The van der Waals surface area contributed by atoms with E-state index in [1.54, 1.807) is 0 Å². The van der Waals surface area contributed by atoms with Gasteiger partial charge in [0, 0.05) is 0 Å². The SMILES string of the molecule is O=C(OC(C(F)(F)F)C(F)(F)S(=O)(=O)OO)C12CC3CC(CC(C3)C1)C2. The summed E-state index contributed by atoms with van der Waals surface area (Å²) in [5.74, 6) is -1.08. The molecule has 0 heterocycles. The summed E-state index contributed by atoms with van der Waals surface area (Å²) in [4.78, 5) is 12.5. The lowest BCUT2D eigenvalue weighted by Gasteiger charge is -2.55. The molecule has 4 aliphatic carbocycles. The summed E-state index contributed by atoms with van der Waals surface area (Å²) in [5.41, 5.74) is -1.29. The Kier molecular flexibility index (Phi) is 4.55. The van der Waals surface area contributed by atoms with E-state index in [4.69, 9.17) is 5.26 Å². The molecule has 4 bridgehead atoms. The van der Waals surface area contributed by atoms with Gasteiger partial charge in [-0.05, 0) is 56.3 Å². The minimum Gasteiger partial charge on any atom is -0.444 e. The maximum atomic E-state index is 13.8. The highest BCUT2D eigenvalue weighted by Gasteiger charge is 2.68. The van der Waals surface area contributed by atoms with Gasteiger partial charge in [0.1, 0.15) is 0 Å². The molecule has 0 aromatic heterocycles. The molecule has 150 valence electrons. The molecule has 1 atom stereocenters. The molecule has 0 amide bonds. The largest absolute Gasteiger partial charge is 0.444 e. The van der Waals surface area contributed by atoms with E-state index in [9.17, 15) is 35.2 Å². The second kappa shape index (κ2) is 5.99. The number of hydrogen-bond donors (Lipinski definition) is 1. The summed E-state index contributed by atoms with van der Waals surface area (Å²) in [5, 5.41) is 2.34. The third kappa shape index (κ3) is 3.09. The van der Waals surface area contributed by atoms with Crippen molar-refractivity contribution in [2.24, 2.45) is 23.2 Å². The molecule has 4 fully saturated rings. The highest BCUT2D eigenvalue weighted by molar-refractivity contribution is 7.87. The van der Waals surface area contributed by atoms with Crippen molar-refractivity contribution in [3.63, 3.8) is 0 Å². The van der Waals surface area contributed by atoms with Crippen molar-refractivity contribution < 1.29 is 49.5 Å². The number of hydrogen-bond acceptors (Lipinski definition) is 6. The summed E-state index contributed by atoms with van der Waals surface area (Å²) in [7, 11) is -6.36. The fourth-order valence-electron chi connectivity index (χ4n) is 5.10. The number of alkyl halides is 5. The van der Waals surface area contributed by atoms with Crippen LogP contribution in [0.25, 0.3) is 0 Å². The number of carbonyl (C=O) groups excluding carboxylic acids is 1. The highest BCUT2D eigenvalue weighted by atomic mass is 32.2. The fourth-order valence-corrected chi connectivity index (χ4v) is 5.64. The van der Waals surface area contributed by atoms with E-state index in [2.05, 4.69) is 9.07 Å². The van der Waals surface area contributed by atoms with Crippen LogP contribution in [-0.2, 0) is 24.0 Å². The lowest BCUT2D eigenvalue weighted by Crippen LogP contribution is -2.56. The van der Waals surface area contributed by atoms with E-state index in [0.29, 0.717) is 0 Å². The Morgan fingerprint density at radius 2 is 1.42 bits per heavy atom. The molecule has 0 spiro atoms. The van der Waals surface area contributed by atoms with E-state index >= 15 is 0 Å². The number of rotatable bonds is 5. The average Bonchev–Trinajstić information content (AvgIpc) is 2.49. The minimum absolute atomic E-state index is 0.128. The molecule has 0 aromatic carbocycles. The van der Waals surface area contributed by atoms with Crippen molar-refractivity contribution in [2.75, 3.05) is 0 Å². The quantitative estimate of drug-likeness (QED) is 0.325. The summed E-state index contributed by atoms with van der Waals surface area (Å²) < 4.78 is 95.5. The van der Waals surface area contributed by atoms with Crippen molar-refractivity contribution >= 4 is 16.1 Å². The zero-order valence-electron chi connectivity index (χ0n) is 13.3. The summed E-state index contributed by atoms with van der Waals surface area (Å²) in [6.07, 6.45) is -6.87. The van der Waals surface area contributed by atoms with Gasteiger partial charge >= 0.3 is 27.5 Å². The minimum atomic E-state index is -6.36. The average molecular weight is 408 g/mol.